The zero-order valence-electron chi connectivity index (χ0n) is 10.9. The fraction of sp³-hybridized carbons (Fsp3) is 0.538. The number of nitrogens with one attached hydrogen (secondary N) is 1. The topological polar surface area (TPSA) is 49.4 Å². The minimum absolute atomic E-state index is 0.108. The molecule has 1 N–H and O–H groups in total. The van der Waals surface area contributed by atoms with Crippen molar-refractivity contribution in [2.24, 2.45) is 0 Å². The van der Waals surface area contributed by atoms with Crippen molar-refractivity contribution in [3.63, 3.8) is 0 Å². The van der Waals surface area contributed by atoms with Gasteiger partial charge in [0.2, 0.25) is 10.0 Å². The number of hydrogen-bond acceptors (Lipinski definition) is 3. The Hall–Kier alpha value is -0.910. The molecule has 0 unspecified atom stereocenters. The van der Waals surface area contributed by atoms with E-state index in [1.807, 2.05) is 26.0 Å². The Labute approximate surface area is 109 Å². The molecule has 1 aromatic rings. The number of benzene rings is 1. The van der Waals surface area contributed by atoms with Gasteiger partial charge in [0.05, 0.1) is 10.9 Å². The fourth-order valence-electron chi connectivity index (χ4n) is 2.04. The van der Waals surface area contributed by atoms with E-state index < -0.39 is 10.0 Å². The van der Waals surface area contributed by atoms with Crippen LogP contribution < -0.4 is 5.32 Å². The van der Waals surface area contributed by atoms with Crippen molar-refractivity contribution in [3.05, 3.63) is 29.8 Å². The van der Waals surface area contributed by atoms with Crippen LogP contribution in [0.15, 0.2) is 29.2 Å². The molecule has 18 heavy (non-hydrogen) atoms. The van der Waals surface area contributed by atoms with Gasteiger partial charge < -0.3 is 5.32 Å². The summed E-state index contributed by atoms with van der Waals surface area (Å²) in [6.45, 7) is 6.05. The lowest BCUT2D eigenvalue weighted by Crippen LogP contribution is -2.58. The highest BCUT2D eigenvalue weighted by atomic mass is 32.2. The zero-order chi connectivity index (χ0) is 13.2. The maximum absolute atomic E-state index is 12.6. The average molecular weight is 268 g/mol. The molecular weight excluding hydrogens is 248 g/mol. The van der Waals surface area contributed by atoms with E-state index in [4.69, 9.17) is 0 Å². The van der Waals surface area contributed by atoms with Gasteiger partial charge in [-0.2, -0.15) is 4.31 Å². The van der Waals surface area contributed by atoms with Crippen molar-refractivity contribution >= 4 is 10.0 Å². The molecule has 2 rings (SSSR count). The van der Waals surface area contributed by atoms with Crippen molar-refractivity contribution in [2.45, 2.75) is 31.2 Å². The lowest BCUT2D eigenvalue weighted by molar-refractivity contribution is 0.242. The van der Waals surface area contributed by atoms with E-state index in [1.54, 1.807) is 16.4 Å². The summed E-state index contributed by atoms with van der Waals surface area (Å²) in [5.74, 6) is 0. The maximum atomic E-state index is 12.6. The van der Waals surface area contributed by atoms with E-state index in [0.717, 1.165) is 25.1 Å². The third-order valence-electron chi connectivity index (χ3n) is 3.24. The standard InChI is InChI=1S/C13H20N2O2S/c1-3-8-15(12-9-14-10-12)18(16,17)13-6-4-11(2)5-7-13/h4-7,12,14H,3,8-10H2,1-2H3. The number of aryl methyl sites for hydroxylation is 1. The number of rotatable bonds is 5. The first-order valence-electron chi connectivity index (χ1n) is 6.35. The first kappa shape index (κ1) is 13.5. The minimum Gasteiger partial charge on any atom is -0.313 e. The number of hydrogen-bond donors (Lipinski definition) is 1. The summed E-state index contributed by atoms with van der Waals surface area (Å²) >= 11 is 0. The summed E-state index contributed by atoms with van der Waals surface area (Å²) in [5.41, 5.74) is 1.07. The summed E-state index contributed by atoms with van der Waals surface area (Å²) in [6, 6.07) is 7.18. The molecule has 0 radical (unpaired) electrons. The molecule has 0 bridgehead atoms. The highest BCUT2D eigenvalue weighted by Gasteiger charge is 2.33. The Bertz CT molecular complexity index is 492. The molecule has 0 saturated carbocycles. The Morgan fingerprint density at radius 3 is 2.33 bits per heavy atom. The van der Waals surface area contributed by atoms with Crippen LogP contribution >= 0.6 is 0 Å². The monoisotopic (exact) mass is 268 g/mol. The lowest BCUT2D eigenvalue weighted by atomic mass is 10.2. The summed E-state index contributed by atoms with van der Waals surface area (Å²) in [7, 11) is -3.35. The van der Waals surface area contributed by atoms with Crippen LogP contribution in [0.25, 0.3) is 0 Å². The van der Waals surface area contributed by atoms with Crippen LogP contribution in [0.2, 0.25) is 0 Å². The van der Waals surface area contributed by atoms with E-state index in [2.05, 4.69) is 5.32 Å². The first-order valence-corrected chi connectivity index (χ1v) is 7.79. The summed E-state index contributed by atoms with van der Waals surface area (Å²) < 4.78 is 26.8. The van der Waals surface area contributed by atoms with Crippen LogP contribution in [0.1, 0.15) is 18.9 Å². The van der Waals surface area contributed by atoms with Gasteiger partial charge >= 0.3 is 0 Å². The summed E-state index contributed by atoms with van der Waals surface area (Å²) in [6.07, 6.45) is 0.835. The van der Waals surface area contributed by atoms with Gasteiger partial charge in [-0.3, -0.25) is 0 Å². The Kier molecular flexibility index (Phi) is 4.04. The smallest absolute Gasteiger partial charge is 0.243 e. The highest BCUT2D eigenvalue weighted by Crippen LogP contribution is 2.20. The highest BCUT2D eigenvalue weighted by molar-refractivity contribution is 7.89. The predicted molar refractivity (Wildman–Crippen MR) is 72.0 cm³/mol. The fourth-order valence-corrected chi connectivity index (χ4v) is 3.76. The Morgan fingerprint density at radius 2 is 1.89 bits per heavy atom. The molecule has 5 heteroatoms. The van der Waals surface area contributed by atoms with Crippen molar-refractivity contribution < 1.29 is 8.42 Å². The van der Waals surface area contributed by atoms with Crippen LogP contribution in [-0.2, 0) is 10.0 Å². The van der Waals surface area contributed by atoms with Gasteiger partial charge in [-0.1, -0.05) is 24.6 Å². The van der Waals surface area contributed by atoms with Crippen LogP contribution in [-0.4, -0.2) is 38.4 Å². The minimum atomic E-state index is -3.35. The van der Waals surface area contributed by atoms with Gasteiger partial charge in [-0.05, 0) is 25.5 Å². The normalized spacial score (nSPS) is 16.8. The SMILES string of the molecule is CCCN(C1CNC1)S(=O)(=O)c1ccc(C)cc1. The summed E-state index contributed by atoms with van der Waals surface area (Å²) in [5, 5.41) is 3.13. The molecule has 1 saturated heterocycles. The molecule has 1 heterocycles. The van der Waals surface area contributed by atoms with Crippen molar-refractivity contribution in [1.82, 2.24) is 9.62 Å². The van der Waals surface area contributed by atoms with Gasteiger partial charge in [0.25, 0.3) is 0 Å². The molecular formula is C13H20N2O2S. The lowest BCUT2D eigenvalue weighted by Gasteiger charge is -2.37. The second-order valence-electron chi connectivity index (χ2n) is 4.74. The number of nitrogens with zero attached hydrogens (tertiary/aromatic N) is 1. The van der Waals surface area contributed by atoms with Gasteiger partial charge in [0.1, 0.15) is 0 Å². The zero-order valence-corrected chi connectivity index (χ0v) is 11.7. The quantitative estimate of drug-likeness (QED) is 0.877. The van der Waals surface area contributed by atoms with Gasteiger partial charge in [0.15, 0.2) is 0 Å². The number of sulfonamides is 1. The van der Waals surface area contributed by atoms with E-state index in [1.165, 1.54) is 0 Å². The molecule has 0 aromatic heterocycles. The van der Waals surface area contributed by atoms with E-state index >= 15 is 0 Å². The molecule has 1 fully saturated rings. The summed E-state index contributed by atoms with van der Waals surface area (Å²) in [4.78, 5) is 0.397. The predicted octanol–water partition coefficient (Wildman–Crippen LogP) is 1.37. The molecule has 0 atom stereocenters. The van der Waals surface area contributed by atoms with Crippen molar-refractivity contribution in [1.29, 1.82) is 0 Å². The molecule has 0 amide bonds. The third-order valence-corrected chi connectivity index (χ3v) is 5.20. The molecule has 1 aliphatic rings. The molecule has 4 nitrogen and oxygen atoms in total. The van der Waals surface area contributed by atoms with Gasteiger partial charge in [-0.25, -0.2) is 8.42 Å². The molecule has 100 valence electrons. The average Bonchev–Trinajstić information content (AvgIpc) is 2.26. The first-order chi connectivity index (χ1) is 8.55. The van der Waals surface area contributed by atoms with Crippen LogP contribution in [0.4, 0.5) is 0 Å². The van der Waals surface area contributed by atoms with E-state index in [9.17, 15) is 8.42 Å². The molecule has 0 aliphatic carbocycles. The Morgan fingerprint density at radius 1 is 1.28 bits per heavy atom. The van der Waals surface area contributed by atoms with Crippen LogP contribution in [0.5, 0.6) is 0 Å². The maximum Gasteiger partial charge on any atom is 0.243 e. The van der Waals surface area contributed by atoms with E-state index in [0.29, 0.717) is 11.4 Å². The van der Waals surface area contributed by atoms with Crippen molar-refractivity contribution in [2.75, 3.05) is 19.6 Å². The molecule has 1 aliphatic heterocycles. The second kappa shape index (κ2) is 5.38. The van der Waals surface area contributed by atoms with Gasteiger partial charge in [-0.15, -0.1) is 0 Å². The third kappa shape index (κ3) is 2.58. The second-order valence-corrected chi connectivity index (χ2v) is 6.63. The van der Waals surface area contributed by atoms with Crippen LogP contribution in [0, 0.1) is 6.92 Å². The largest absolute Gasteiger partial charge is 0.313 e. The van der Waals surface area contributed by atoms with Crippen molar-refractivity contribution in [3.8, 4) is 0 Å². The van der Waals surface area contributed by atoms with Crippen LogP contribution in [0.3, 0.4) is 0 Å². The van der Waals surface area contributed by atoms with E-state index in [-0.39, 0.29) is 6.04 Å². The molecule has 1 aromatic carbocycles. The Balaban J connectivity index is 2.29. The molecule has 0 spiro atoms. The van der Waals surface area contributed by atoms with Gasteiger partial charge in [0, 0.05) is 19.6 Å².